The number of hydrogen-bond acceptors (Lipinski definition) is 3. The van der Waals surface area contributed by atoms with Gasteiger partial charge in [0, 0.05) is 12.8 Å². The van der Waals surface area contributed by atoms with Gasteiger partial charge in [-0.25, -0.2) is 0 Å². The van der Waals surface area contributed by atoms with Gasteiger partial charge in [-0.15, -0.1) is 0 Å². The molecule has 0 bridgehead atoms. The van der Waals surface area contributed by atoms with Crippen LogP contribution in [0, 0.1) is 0 Å². The monoisotopic (exact) mass is 370 g/mol. The summed E-state index contributed by atoms with van der Waals surface area (Å²) in [6, 6.07) is 0. The molecular weight excluding hydrogens is 324 g/mol. The van der Waals surface area contributed by atoms with E-state index in [4.69, 9.17) is 9.47 Å². The molecule has 0 aliphatic carbocycles. The predicted octanol–water partition coefficient (Wildman–Crippen LogP) is 7.22. The van der Waals surface area contributed by atoms with Crippen molar-refractivity contribution in [1.29, 1.82) is 0 Å². The molecule has 26 heavy (non-hydrogen) atoms. The van der Waals surface area contributed by atoms with Crippen LogP contribution in [-0.2, 0) is 14.3 Å². The molecule has 3 heteroatoms. The van der Waals surface area contributed by atoms with Crippen LogP contribution in [0.15, 0.2) is 0 Å². The molecule has 0 heterocycles. The molecule has 0 aromatic rings. The van der Waals surface area contributed by atoms with Crippen LogP contribution in [0.5, 0.6) is 0 Å². The summed E-state index contributed by atoms with van der Waals surface area (Å²) in [5.74, 6) is -0.0448. The molecule has 0 saturated heterocycles. The highest BCUT2D eigenvalue weighted by molar-refractivity contribution is 5.69. The van der Waals surface area contributed by atoms with Crippen LogP contribution in [0.4, 0.5) is 0 Å². The average Bonchev–Trinajstić information content (AvgIpc) is 2.65. The van der Waals surface area contributed by atoms with Crippen LogP contribution < -0.4 is 0 Å². The van der Waals surface area contributed by atoms with Crippen LogP contribution in [0.2, 0.25) is 0 Å². The molecule has 0 aliphatic rings. The molecule has 0 spiro atoms. The van der Waals surface area contributed by atoms with E-state index in [-0.39, 0.29) is 5.97 Å². The third-order valence-electron chi connectivity index (χ3n) is 5.01. The lowest BCUT2D eigenvalue weighted by Crippen LogP contribution is -2.11. The molecule has 1 unspecified atom stereocenters. The first-order valence-corrected chi connectivity index (χ1v) is 11.5. The Labute approximate surface area is 163 Å². The summed E-state index contributed by atoms with van der Waals surface area (Å²) in [6.45, 7) is 7.63. The van der Waals surface area contributed by atoms with Gasteiger partial charge in [-0.2, -0.15) is 0 Å². The van der Waals surface area contributed by atoms with Gasteiger partial charge < -0.3 is 9.47 Å². The first-order valence-electron chi connectivity index (χ1n) is 11.5. The standard InChI is InChI=1S/C23H46O3/c1-4-6-7-8-9-10-11-12-13-14-15-16-17-19-23(24)26-21-18-20-25-22(3)5-2/h22H,4-21H2,1-3H3. The molecule has 156 valence electrons. The summed E-state index contributed by atoms with van der Waals surface area (Å²) >= 11 is 0. The lowest BCUT2D eigenvalue weighted by atomic mass is 10.0. The van der Waals surface area contributed by atoms with Gasteiger partial charge in [-0.05, 0) is 19.8 Å². The molecule has 3 nitrogen and oxygen atoms in total. The molecule has 0 fully saturated rings. The minimum Gasteiger partial charge on any atom is -0.466 e. The maximum absolute atomic E-state index is 11.6. The maximum atomic E-state index is 11.6. The van der Waals surface area contributed by atoms with E-state index in [9.17, 15) is 4.79 Å². The van der Waals surface area contributed by atoms with E-state index in [2.05, 4.69) is 20.8 Å². The van der Waals surface area contributed by atoms with Gasteiger partial charge >= 0.3 is 5.97 Å². The Bertz CT molecular complexity index is 291. The Morgan fingerprint density at radius 1 is 0.692 bits per heavy atom. The molecule has 1 atom stereocenters. The molecule has 0 saturated carbocycles. The van der Waals surface area contributed by atoms with Crippen molar-refractivity contribution in [2.24, 2.45) is 0 Å². The fourth-order valence-electron chi connectivity index (χ4n) is 3.01. The largest absolute Gasteiger partial charge is 0.466 e. The van der Waals surface area contributed by atoms with Crippen molar-refractivity contribution >= 4 is 5.97 Å². The maximum Gasteiger partial charge on any atom is 0.305 e. The van der Waals surface area contributed by atoms with E-state index in [1.54, 1.807) is 0 Å². The first kappa shape index (κ1) is 25.4. The third-order valence-corrected chi connectivity index (χ3v) is 5.01. The van der Waals surface area contributed by atoms with Gasteiger partial charge in [0.2, 0.25) is 0 Å². The zero-order valence-electron chi connectivity index (χ0n) is 18.0. The van der Waals surface area contributed by atoms with E-state index < -0.39 is 0 Å². The summed E-state index contributed by atoms with van der Waals surface area (Å²) in [7, 11) is 0. The second kappa shape index (κ2) is 20.7. The van der Waals surface area contributed by atoms with E-state index in [0.29, 0.717) is 25.7 Å². The smallest absolute Gasteiger partial charge is 0.305 e. The number of unbranched alkanes of at least 4 members (excludes halogenated alkanes) is 12. The van der Waals surface area contributed by atoms with Crippen molar-refractivity contribution < 1.29 is 14.3 Å². The van der Waals surface area contributed by atoms with Crippen LogP contribution in [0.3, 0.4) is 0 Å². The second-order valence-electron chi connectivity index (χ2n) is 7.66. The average molecular weight is 371 g/mol. The number of carbonyl (C=O) groups excluding carboxylic acids is 1. The Morgan fingerprint density at radius 2 is 1.19 bits per heavy atom. The minimum absolute atomic E-state index is 0.0448. The highest BCUT2D eigenvalue weighted by atomic mass is 16.5. The van der Waals surface area contributed by atoms with E-state index in [1.807, 2.05) is 0 Å². The van der Waals surface area contributed by atoms with Gasteiger partial charge in [0.1, 0.15) is 0 Å². The second-order valence-corrected chi connectivity index (χ2v) is 7.66. The van der Waals surface area contributed by atoms with Gasteiger partial charge in [0.25, 0.3) is 0 Å². The fraction of sp³-hybridized carbons (Fsp3) is 0.957. The van der Waals surface area contributed by atoms with E-state index >= 15 is 0 Å². The summed E-state index contributed by atoms with van der Waals surface area (Å²) in [6.07, 6.45) is 20.0. The molecule has 0 aromatic carbocycles. The van der Waals surface area contributed by atoms with Crippen molar-refractivity contribution in [2.75, 3.05) is 13.2 Å². The Kier molecular flexibility index (Phi) is 20.3. The molecule has 0 amide bonds. The van der Waals surface area contributed by atoms with Crippen molar-refractivity contribution in [3.63, 3.8) is 0 Å². The predicted molar refractivity (Wildman–Crippen MR) is 112 cm³/mol. The van der Waals surface area contributed by atoms with Crippen molar-refractivity contribution in [3.05, 3.63) is 0 Å². The molecule has 0 aliphatic heterocycles. The topological polar surface area (TPSA) is 35.5 Å². The molecule has 0 N–H and O–H groups in total. The highest BCUT2D eigenvalue weighted by Crippen LogP contribution is 2.13. The molecular formula is C23H46O3. The molecule has 0 radical (unpaired) electrons. The van der Waals surface area contributed by atoms with Crippen molar-refractivity contribution in [2.45, 2.75) is 130 Å². The SMILES string of the molecule is CCCCCCCCCCCCCCCC(=O)OCCCOC(C)CC. The summed E-state index contributed by atoms with van der Waals surface area (Å²) in [4.78, 5) is 11.6. The Hall–Kier alpha value is -0.570. The number of hydrogen-bond donors (Lipinski definition) is 0. The van der Waals surface area contributed by atoms with Crippen LogP contribution in [0.25, 0.3) is 0 Å². The number of carbonyl (C=O) groups is 1. The molecule has 0 aromatic heterocycles. The number of esters is 1. The Morgan fingerprint density at radius 3 is 1.69 bits per heavy atom. The zero-order chi connectivity index (χ0) is 19.3. The zero-order valence-corrected chi connectivity index (χ0v) is 18.0. The summed E-state index contributed by atoms with van der Waals surface area (Å²) in [5.41, 5.74) is 0. The first-order chi connectivity index (χ1) is 12.7. The lowest BCUT2D eigenvalue weighted by Gasteiger charge is -2.10. The summed E-state index contributed by atoms with van der Waals surface area (Å²) < 4.78 is 10.8. The van der Waals surface area contributed by atoms with Crippen molar-refractivity contribution in [3.8, 4) is 0 Å². The minimum atomic E-state index is -0.0448. The Balaban J connectivity index is 3.16. The normalized spacial score (nSPS) is 12.3. The van der Waals surface area contributed by atoms with Crippen LogP contribution >= 0.6 is 0 Å². The number of rotatable bonds is 20. The fourth-order valence-corrected chi connectivity index (χ4v) is 3.01. The van der Waals surface area contributed by atoms with Crippen molar-refractivity contribution in [1.82, 2.24) is 0 Å². The van der Waals surface area contributed by atoms with Gasteiger partial charge in [-0.3, -0.25) is 4.79 Å². The van der Waals surface area contributed by atoms with Gasteiger partial charge in [0.05, 0.1) is 19.3 Å². The number of ether oxygens (including phenoxy) is 2. The lowest BCUT2D eigenvalue weighted by molar-refractivity contribution is -0.144. The molecule has 0 rings (SSSR count). The van der Waals surface area contributed by atoms with Gasteiger partial charge in [-0.1, -0.05) is 90.9 Å². The quantitative estimate of drug-likeness (QED) is 0.168. The van der Waals surface area contributed by atoms with E-state index in [0.717, 1.165) is 25.7 Å². The van der Waals surface area contributed by atoms with Crippen LogP contribution in [0.1, 0.15) is 124 Å². The van der Waals surface area contributed by atoms with Gasteiger partial charge in [0.15, 0.2) is 0 Å². The highest BCUT2D eigenvalue weighted by Gasteiger charge is 2.03. The third kappa shape index (κ3) is 19.8. The van der Waals surface area contributed by atoms with Crippen LogP contribution in [-0.4, -0.2) is 25.3 Å². The summed E-state index contributed by atoms with van der Waals surface area (Å²) in [5, 5.41) is 0. The van der Waals surface area contributed by atoms with E-state index in [1.165, 1.54) is 70.6 Å².